The first kappa shape index (κ1) is 17.1. The van der Waals surface area contributed by atoms with Gasteiger partial charge >= 0.3 is 5.97 Å². The zero-order valence-electron chi connectivity index (χ0n) is 14.5. The zero-order valence-corrected chi connectivity index (χ0v) is 15.3. The molecule has 0 unspecified atom stereocenters. The molecule has 1 fully saturated rings. The molecule has 1 atom stereocenters. The molecule has 1 aliphatic rings. The largest absolute Gasteiger partial charge is 0.462 e. The monoisotopic (exact) mass is 348 g/mol. The van der Waals surface area contributed by atoms with Gasteiger partial charge in [0, 0.05) is 6.04 Å². The van der Waals surface area contributed by atoms with Crippen LogP contribution in [0.2, 0.25) is 0 Å². The molecule has 6 nitrogen and oxygen atoms in total. The highest BCUT2D eigenvalue weighted by Gasteiger charge is 2.23. The van der Waals surface area contributed by atoms with E-state index in [1.54, 1.807) is 6.92 Å². The topological polar surface area (TPSA) is 81.3 Å². The Labute approximate surface area is 146 Å². The van der Waals surface area contributed by atoms with Crippen molar-refractivity contribution in [3.63, 3.8) is 0 Å². The lowest BCUT2D eigenvalue weighted by Crippen LogP contribution is -2.37. The van der Waals surface area contributed by atoms with Gasteiger partial charge in [-0.05, 0) is 45.7 Å². The fraction of sp³-hybridized carbons (Fsp3) is 0.588. The highest BCUT2D eigenvalue weighted by atomic mass is 32.1. The highest BCUT2D eigenvalue weighted by molar-refractivity contribution is 7.20. The third-order valence-electron chi connectivity index (χ3n) is 4.61. The quantitative estimate of drug-likeness (QED) is 0.855. The summed E-state index contributed by atoms with van der Waals surface area (Å²) in [6.07, 6.45) is 3.71. The number of piperidine rings is 1. The third-order valence-corrected chi connectivity index (χ3v) is 5.78. The predicted molar refractivity (Wildman–Crippen MR) is 96.2 cm³/mol. The van der Waals surface area contributed by atoms with E-state index in [1.807, 2.05) is 6.92 Å². The highest BCUT2D eigenvalue weighted by Crippen LogP contribution is 2.33. The number of esters is 1. The van der Waals surface area contributed by atoms with Crippen molar-refractivity contribution in [2.45, 2.75) is 52.6 Å². The van der Waals surface area contributed by atoms with Gasteiger partial charge in [0.05, 0.1) is 18.5 Å². The molecule has 0 radical (unpaired) electrons. The number of nitrogen functional groups attached to an aromatic ring is 1. The molecule has 0 amide bonds. The molecule has 0 aliphatic carbocycles. The maximum Gasteiger partial charge on any atom is 0.348 e. The van der Waals surface area contributed by atoms with Crippen LogP contribution in [0.5, 0.6) is 0 Å². The lowest BCUT2D eigenvalue weighted by molar-refractivity contribution is 0.0531. The summed E-state index contributed by atoms with van der Waals surface area (Å²) in [6, 6.07) is 0.541. The van der Waals surface area contributed by atoms with E-state index in [0.29, 0.717) is 29.9 Å². The number of fused-ring (bicyclic) bond motifs is 1. The predicted octanol–water partition coefficient (Wildman–Crippen LogP) is 3.13. The number of ether oxygens (including phenoxy) is 1. The summed E-state index contributed by atoms with van der Waals surface area (Å²) < 4.78 is 5.12. The zero-order chi connectivity index (χ0) is 17.3. The van der Waals surface area contributed by atoms with Crippen molar-refractivity contribution in [3.8, 4) is 0 Å². The molecular weight excluding hydrogens is 324 g/mol. The van der Waals surface area contributed by atoms with Crippen molar-refractivity contribution >= 4 is 33.3 Å². The number of nitrogens with two attached hydrogens (primary N) is 1. The number of carbonyl (C=O) groups excluding carboxylic acids is 1. The van der Waals surface area contributed by atoms with E-state index in [9.17, 15) is 4.79 Å². The van der Waals surface area contributed by atoms with Gasteiger partial charge in [-0.3, -0.25) is 4.90 Å². The molecule has 3 heterocycles. The summed E-state index contributed by atoms with van der Waals surface area (Å²) in [7, 11) is 0. The average Bonchev–Trinajstić information content (AvgIpc) is 2.87. The maximum atomic E-state index is 12.1. The Bertz CT molecular complexity index is 759. The molecule has 130 valence electrons. The van der Waals surface area contributed by atoms with Crippen molar-refractivity contribution < 1.29 is 9.53 Å². The SMILES string of the molecule is CCOC(=O)c1sc2nc(CN3CCCC[C@H]3C)nc(N)c2c1C. The van der Waals surface area contributed by atoms with E-state index in [4.69, 9.17) is 10.5 Å². The molecule has 3 rings (SSSR count). The molecule has 1 saturated heterocycles. The van der Waals surface area contributed by atoms with Crippen LogP contribution in [0.4, 0.5) is 5.82 Å². The van der Waals surface area contributed by atoms with Gasteiger partial charge in [0.15, 0.2) is 0 Å². The smallest absolute Gasteiger partial charge is 0.348 e. The summed E-state index contributed by atoms with van der Waals surface area (Å²) >= 11 is 1.34. The summed E-state index contributed by atoms with van der Waals surface area (Å²) in [4.78, 5) is 25.0. The maximum absolute atomic E-state index is 12.1. The Morgan fingerprint density at radius 3 is 2.92 bits per heavy atom. The number of hydrogen-bond acceptors (Lipinski definition) is 7. The lowest BCUT2D eigenvalue weighted by Gasteiger charge is -2.32. The number of nitrogens with zero attached hydrogens (tertiary/aromatic N) is 3. The van der Waals surface area contributed by atoms with E-state index in [-0.39, 0.29) is 5.97 Å². The Balaban J connectivity index is 1.93. The van der Waals surface area contributed by atoms with E-state index in [1.165, 1.54) is 30.6 Å². The van der Waals surface area contributed by atoms with Crippen LogP contribution >= 0.6 is 11.3 Å². The fourth-order valence-corrected chi connectivity index (χ4v) is 4.35. The van der Waals surface area contributed by atoms with Gasteiger partial charge < -0.3 is 10.5 Å². The van der Waals surface area contributed by atoms with Gasteiger partial charge in [-0.1, -0.05) is 6.42 Å². The number of likely N-dealkylation sites (tertiary alicyclic amines) is 1. The Morgan fingerprint density at radius 2 is 2.21 bits per heavy atom. The minimum Gasteiger partial charge on any atom is -0.462 e. The molecule has 1 aliphatic heterocycles. The van der Waals surface area contributed by atoms with Gasteiger partial charge in [0.2, 0.25) is 0 Å². The van der Waals surface area contributed by atoms with Gasteiger partial charge in [-0.25, -0.2) is 14.8 Å². The van der Waals surface area contributed by atoms with Gasteiger partial charge in [-0.15, -0.1) is 11.3 Å². The van der Waals surface area contributed by atoms with Crippen molar-refractivity contribution in [2.24, 2.45) is 0 Å². The van der Waals surface area contributed by atoms with Gasteiger partial charge in [-0.2, -0.15) is 0 Å². The van der Waals surface area contributed by atoms with E-state index in [0.717, 1.165) is 28.1 Å². The van der Waals surface area contributed by atoms with Crippen molar-refractivity contribution in [2.75, 3.05) is 18.9 Å². The number of thiophene rings is 1. The molecule has 7 heteroatoms. The van der Waals surface area contributed by atoms with Crippen LogP contribution in [-0.4, -0.2) is 40.0 Å². The Morgan fingerprint density at radius 1 is 1.42 bits per heavy atom. The molecule has 2 N–H and O–H groups in total. The average molecular weight is 348 g/mol. The normalized spacial score (nSPS) is 18.9. The standard InChI is InChI=1S/C17H24N4O2S/c1-4-23-17(22)14-11(3)13-15(18)19-12(20-16(13)24-14)9-21-8-6-5-7-10(21)2/h10H,4-9H2,1-3H3,(H2,18,19,20)/t10-/m1/s1. The summed E-state index contributed by atoms with van der Waals surface area (Å²) in [5.41, 5.74) is 6.98. The van der Waals surface area contributed by atoms with E-state index in [2.05, 4.69) is 21.8 Å². The first-order chi connectivity index (χ1) is 11.5. The molecule has 0 bridgehead atoms. The number of aryl methyl sites for hydroxylation is 1. The van der Waals surface area contributed by atoms with Crippen LogP contribution in [0.1, 0.15) is 54.2 Å². The van der Waals surface area contributed by atoms with Crippen LogP contribution in [0.15, 0.2) is 0 Å². The molecule has 2 aromatic rings. The molecule has 24 heavy (non-hydrogen) atoms. The number of hydrogen-bond donors (Lipinski definition) is 1. The number of carbonyl (C=O) groups is 1. The van der Waals surface area contributed by atoms with Gasteiger partial charge in [0.25, 0.3) is 0 Å². The van der Waals surface area contributed by atoms with Crippen LogP contribution < -0.4 is 5.73 Å². The molecular formula is C17H24N4O2S. The first-order valence-electron chi connectivity index (χ1n) is 8.48. The second-order valence-electron chi connectivity index (χ2n) is 6.30. The van der Waals surface area contributed by atoms with E-state index >= 15 is 0 Å². The second kappa shape index (κ2) is 7.03. The minimum absolute atomic E-state index is 0.316. The third kappa shape index (κ3) is 3.23. The number of aromatic nitrogens is 2. The first-order valence-corrected chi connectivity index (χ1v) is 9.29. The summed E-state index contributed by atoms with van der Waals surface area (Å²) in [6.45, 7) is 8.04. The second-order valence-corrected chi connectivity index (χ2v) is 7.30. The number of rotatable bonds is 4. The molecule has 0 spiro atoms. The molecule has 2 aromatic heterocycles. The minimum atomic E-state index is -0.316. The number of anilines is 1. The van der Waals surface area contributed by atoms with Crippen LogP contribution in [-0.2, 0) is 11.3 Å². The van der Waals surface area contributed by atoms with Crippen molar-refractivity contribution in [3.05, 3.63) is 16.3 Å². The molecule has 0 aromatic carbocycles. The van der Waals surface area contributed by atoms with Crippen LogP contribution in [0.25, 0.3) is 10.2 Å². The van der Waals surface area contributed by atoms with E-state index < -0.39 is 0 Å². The lowest BCUT2D eigenvalue weighted by atomic mass is 10.0. The van der Waals surface area contributed by atoms with Crippen LogP contribution in [0.3, 0.4) is 0 Å². The Hall–Kier alpha value is -1.73. The summed E-state index contributed by atoms with van der Waals surface area (Å²) in [5.74, 6) is 0.859. The summed E-state index contributed by atoms with van der Waals surface area (Å²) in [5, 5.41) is 0.776. The Kier molecular flexibility index (Phi) is 5.01. The fourth-order valence-electron chi connectivity index (χ4n) is 3.25. The van der Waals surface area contributed by atoms with Gasteiger partial charge in [0.1, 0.15) is 21.3 Å². The van der Waals surface area contributed by atoms with Crippen molar-refractivity contribution in [1.29, 1.82) is 0 Å². The van der Waals surface area contributed by atoms with Crippen LogP contribution in [0, 0.1) is 6.92 Å². The molecule has 0 saturated carbocycles. The van der Waals surface area contributed by atoms with Crippen molar-refractivity contribution in [1.82, 2.24) is 14.9 Å².